The van der Waals surface area contributed by atoms with Crippen molar-refractivity contribution in [2.75, 3.05) is 30.5 Å². The summed E-state index contributed by atoms with van der Waals surface area (Å²) in [6, 6.07) is 39.4. The van der Waals surface area contributed by atoms with Crippen molar-refractivity contribution in [1.29, 1.82) is 0 Å². The number of hydrogen-bond acceptors (Lipinski definition) is 14. The average molecular weight is 1040 g/mol. The number of cyclic esters (lactones) is 1. The van der Waals surface area contributed by atoms with Crippen LogP contribution in [0.2, 0.25) is 0 Å². The number of rotatable bonds is 12. The highest BCUT2D eigenvalue weighted by Crippen LogP contribution is 2.67. The van der Waals surface area contributed by atoms with E-state index in [4.69, 9.17) is 19.2 Å². The van der Waals surface area contributed by atoms with Crippen LogP contribution in [0.3, 0.4) is 0 Å². The highest BCUT2D eigenvalue weighted by molar-refractivity contribution is 7.22. The molecule has 0 radical (unpaired) electrons. The Labute approximate surface area is 440 Å². The first-order valence-electron chi connectivity index (χ1n) is 24.7. The minimum absolute atomic E-state index is 0.0725. The number of thiazole rings is 1. The van der Waals surface area contributed by atoms with Gasteiger partial charge < -0.3 is 30.0 Å². The number of hydrogen-bond donors (Lipinski definition) is 3. The number of methoxy groups -OCH3 is 1. The molecule has 2 saturated heterocycles. The van der Waals surface area contributed by atoms with Crippen molar-refractivity contribution >= 4 is 73.2 Å². The van der Waals surface area contributed by atoms with Crippen LogP contribution in [0.15, 0.2) is 152 Å². The van der Waals surface area contributed by atoms with Gasteiger partial charge >= 0.3 is 18.0 Å². The molecule has 76 heavy (non-hydrogen) atoms. The molecule has 5 heterocycles. The Morgan fingerprint density at radius 3 is 2.28 bits per heavy atom. The second-order valence-electron chi connectivity index (χ2n) is 19.0. The van der Waals surface area contributed by atoms with Gasteiger partial charge in [-0.25, -0.2) is 24.2 Å². The number of fused-ring (bicyclic) bond motifs is 5. The highest BCUT2D eigenvalue weighted by Gasteiger charge is 2.76. The quantitative estimate of drug-likeness (QED) is 0.0794. The number of carbonyl (C=O) groups is 5. The minimum atomic E-state index is -2.23. The molecule has 8 aromatic rings. The number of amides is 4. The lowest BCUT2D eigenvalue weighted by Crippen LogP contribution is -2.57. The van der Waals surface area contributed by atoms with E-state index in [-0.39, 0.29) is 41.9 Å². The number of ether oxygens (including phenoxy) is 3. The maximum absolute atomic E-state index is 16.9. The predicted molar refractivity (Wildman–Crippen MR) is 283 cm³/mol. The van der Waals surface area contributed by atoms with Crippen LogP contribution in [-0.2, 0) is 40.6 Å². The van der Waals surface area contributed by atoms with Gasteiger partial charge in [-0.3, -0.25) is 19.3 Å². The molecule has 1 spiro atoms. The molecule has 0 aliphatic carbocycles. The van der Waals surface area contributed by atoms with Gasteiger partial charge in [-0.05, 0) is 71.1 Å². The number of benzene rings is 6. The van der Waals surface area contributed by atoms with Crippen LogP contribution in [0.25, 0.3) is 21.3 Å². The van der Waals surface area contributed by atoms with E-state index in [0.717, 1.165) is 15.1 Å². The molecule has 0 saturated carbocycles. The summed E-state index contributed by atoms with van der Waals surface area (Å²) in [5.74, 6) is 1.30. The number of carbonyl (C=O) groups excluding carboxylic acids is 5. The Bertz CT molecular complexity index is 3580. The van der Waals surface area contributed by atoms with Crippen molar-refractivity contribution in [3.8, 4) is 17.6 Å². The van der Waals surface area contributed by atoms with Crippen molar-refractivity contribution in [1.82, 2.24) is 30.2 Å². The Morgan fingerprint density at radius 2 is 1.54 bits per heavy atom. The van der Waals surface area contributed by atoms with E-state index in [1.807, 2.05) is 114 Å². The molecule has 3 N–H and O–H groups in total. The zero-order valence-corrected chi connectivity index (χ0v) is 42.2. The first-order valence-corrected chi connectivity index (χ1v) is 25.6. The molecule has 3 aliphatic rings. The normalized spacial score (nSPS) is 21.2. The van der Waals surface area contributed by atoms with Crippen molar-refractivity contribution < 1.29 is 43.3 Å². The standard InChI is InChI=1S/C58H50N8O9S/c1-34(2)47(53(69)73-3)60-57(72)65-42-29-28-35(17-16-30-64-43-25-13-11-23-40(43)62-63-64)33-39(42)58(55(65)71)46(52(68)61-56-59-41-24-12-15-27-45(41)76-56)49-54(70)75-50(37-20-8-5-9-21-37)48(36-18-6-4-7-19-36)66(49)51(58)38-22-10-14-26-44(38)74-32-31-67/h4-15,18-29,33-34,46-51,67H,30-32H2,1-3H3,(H,60,72)(H,59,61,68). The molecule has 18 heteroatoms. The number of aliphatic hydroxyl groups excluding tert-OH is 1. The van der Waals surface area contributed by atoms with Gasteiger partial charge in [0.15, 0.2) is 5.13 Å². The fourth-order valence-corrected chi connectivity index (χ4v) is 12.0. The van der Waals surface area contributed by atoms with E-state index in [9.17, 15) is 9.90 Å². The zero-order valence-electron chi connectivity index (χ0n) is 41.4. The number of morpholine rings is 1. The fourth-order valence-electron chi connectivity index (χ4n) is 11.1. The average Bonchev–Trinajstić information content (AvgIpc) is 3.84. The molecule has 4 amide bonds. The zero-order chi connectivity index (χ0) is 52.7. The molecule has 6 aromatic carbocycles. The Balaban J connectivity index is 1.20. The Kier molecular flexibility index (Phi) is 13.3. The SMILES string of the molecule is COC(=O)C(NC(=O)N1C(=O)C2(c3cc(C#CCn4nnc5ccccc54)ccc31)C(C(=O)Nc1nc3ccccc3s1)C1C(=O)OC(c3ccccc3)C(c3ccccc3)N1C2c1ccccc1OCCO)C(C)C. The summed E-state index contributed by atoms with van der Waals surface area (Å²) in [4.78, 5) is 85.0. The molecule has 3 aliphatic heterocycles. The fraction of sp³-hybridized carbons (Fsp3) is 0.241. The topological polar surface area (TPSA) is 207 Å². The molecule has 0 bridgehead atoms. The van der Waals surface area contributed by atoms with Gasteiger partial charge in [-0.1, -0.05) is 145 Å². The summed E-state index contributed by atoms with van der Waals surface area (Å²) < 4.78 is 20.6. The number of anilines is 2. The monoisotopic (exact) mass is 1030 g/mol. The number of nitrogens with one attached hydrogen (secondary N) is 2. The Morgan fingerprint density at radius 1 is 0.842 bits per heavy atom. The first kappa shape index (κ1) is 49.5. The molecule has 7 unspecified atom stereocenters. The summed E-state index contributed by atoms with van der Waals surface area (Å²) in [6.07, 6.45) is -1.00. The number of para-hydroxylation sites is 3. The van der Waals surface area contributed by atoms with Gasteiger partial charge in [0.25, 0.3) is 0 Å². The minimum Gasteiger partial charge on any atom is -0.491 e. The van der Waals surface area contributed by atoms with Crippen LogP contribution in [0.5, 0.6) is 5.75 Å². The lowest BCUT2D eigenvalue weighted by atomic mass is 9.65. The summed E-state index contributed by atoms with van der Waals surface area (Å²) in [5.41, 5.74) is 2.19. The number of aliphatic hydroxyl groups is 1. The third kappa shape index (κ3) is 8.47. The number of nitrogens with zero attached hydrogens (tertiary/aromatic N) is 6. The van der Waals surface area contributed by atoms with Crippen LogP contribution in [0.4, 0.5) is 15.6 Å². The molecule has 2 fully saturated rings. The number of aromatic nitrogens is 4. The third-order valence-electron chi connectivity index (χ3n) is 14.3. The van der Waals surface area contributed by atoms with Crippen LogP contribution in [0.1, 0.15) is 59.9 Å². The van der Waals surface area contributed by atoms with Crippen molar-refractivity contribution in [3.05, 3.63) is 179 Å². The molecule has 11 rings (SSSR count). The highest BCUT2D eigenvalue weighted by atomic mass is 32.1. The maximum atomic E-state index is 16.9. The first-order chi connectivity index (χ1) is 37.0. The van der Waals surface area contributed by atoms with Crippen LogP contribution in [-0.4, -0.2) is 92.2 Å². The summed E-state index contributed by atoms with van der Waals surface area (Å²) in [7, 11) is 1.21. The van der Waals surface area contributed by atoms with Gasteiger partial charge in [0.05, 0.1) is 53.1 Å². The van der Waals surface area contributed by atoms with E-state index in [0.29, 0.717) is 33.3 Å². The number of esters is 2. The summed E-state index contributed by atoms with van der Waals surface area (Å²) in [5, 5.41) is 24.8. The van der Waals surface area contributed by atoms with E-state index in [2.05, 4.69) is 32.8 Å². The van der Waals surface area contributed by atoms with Gasteiger partial charge in [-0.15, -0.1) is 5.10 Å². The van der Waals surface area contributed by atoms with Crippen molar-refractivity contribution in [2.45, 2.75) is 56.1 Å². The lowest BCUT2D eigenvalue weighted by molar-refractivity contribution is -0.178. The van der Waals surface area contributed by atoms with Crippen LogP contribution >= 0.6 is 11.3 Å². The van der Waals surface area contributed by atoms with Crippen molar-refractivity contribution in [2.24, 2.45) is 11.8 Å². The lowest BCUT2D eigenvalue weighted by Gasteiger charge is -2.46. The van der Waals surface area contributed by atoms with E-state index in [1.165, 1.54) is 18.4 Å². The van der Waals surface area contributed by atoms with Crippen LogP contribution < -0.4 is 20.3 Å². The number of imide groups is 1. The van der Waals surface area contributed by atoms with Gasteiger partial charge in [-0.2, -0.15) is 0 Å². The van der Waals surface area contributed by atoms with E-state index < -0.39 is 77.3 Å². The molecular formula is C58H50N8O9S. The molecular weight excluding hydrogens is 985 g/mol. The summed E-state index contributed by atoms with van der Waals surface area (Å²) in [6.45, 7) is 3.07. The van der Waals surface area contributed by atoms with E-state index in [1.54, 1.807) is 61.0 Å². The van der Waals surface area contributed by atoms with Crippen LogP contribution in [0, 0.1) is 23.7 Å². The smallest absolute Gasteiger partial charge is 0.329 e. The molecule has 2 aromatic heterocycles. The largest absolute Gasteiger partial charge is 0.491 e. The molecule has 382 valence electrons. The van der Waals surface area contributed by atoms with Crippen molar-refractivity contribution in [3.63, 3.8) is 0 Å². The predicted octanol–water partition coefficient (Wildman–Crippen LogP) is 7.68. The van der Waals surface area contributed by atoms with Gasteiger partial charge in [0.1, 0.15) is 48.0 Å². The van der Waals surface area contributed by atoms with Gasteiger partial charge in [0, 0.05) is 11.1 Å². The Hall–Kier alpha value is -8.76. The van der Waals surface area contributed by atoms with Gasteiger partial charge in [0.2, 0.25) is 11.8 Å². The second kappa shape index (κ2) is 20.5. The second-order valence-corrected chi connectivity index (χ2v) is 20.0. The third-order valence-corrected chi connectivity index (χ3v) is 15.3. The molecule has 17 nitrogen and oxygen atoms in total. The number of urea groups is 1. The molecule has 7 atom stereocenters. The van der Waals surface area contributed by atoms with E-state index >= 15 is 19.2 Å². The maximum Gasteiger partial charge on any atom is 0.329 e. The summed E-state index contributed by atoms with van der Waals surface area (Å²) >= 11 is 1.22.